The highest BCUT2D eigenvalue weighted by molar-refractivity contribution is 5.87. The molecule has 1 N–H and O–H groups in total. The van der Waals surface area contributed by atoms with Gasteiger partial charge in [-0.05, 0) is 75.1 Å². The summed E-state index contributed by atoms with van der Waals surface area (Å²) in [4.78, 5) is 12.1. The molecule has 164 valence electrons. The van der Waals surface area contributed by atoms with Crippen LogP contribution in [0.15, 0.2) is 83.7 Å². The first kappa shape index (κ1) is 20.5. The molecule has 1 heterocycles. The van der Waals surface area contributed by atoms with E-state index in [4.69, 9.17) is 9.47 Å². The molecular formula is C26H22N4O3. The first-order chi connectivity index (χ1) is 16.1. The molecule has 0 saturated heterocycles. The van der Waals surface area contributed by atoms with E-state index in [-0.39, 0.29) is 6.61 Å². The van der Waals surface area contributed by atoms with Gasteiger partial charge in [0, 0.05) is 0 Å². The minimum atomic E-state index is -0.430. The molecule has 0 amide bonds. The lowest BCUT2D eigenvalue weighted by molar-refractivity contribution is 0.294. The molecule has 1 aromatic heterocycles. The topological polar surface area (TPSA) is 82.0 Å². The van der Waals surface area contributed by atoms with E-state index in [1.807, 2.05) is 31.2 Å². The fraction of sp³-hybridized carbons (Fsp3) is 0.115. The van der Waals surface area contributed by atoms with Crippen LogP contribution in [0.2, 0.25) is 0 Å². The van der Waals surface area contributed by atoms with Crippen molar-refractivity contribution >= 4 is 10.8 Å². The summed E-state index contributed by atoms with van der Waals surface area (Å²) in [6, 6.07) is 26.3. The van der Waals surface area contributed by atoms with Crippen molar-refractivity contribution in [1.82, 2.24) is 20.2 Å². The van der Waals surface area contributed by atoms with Crippen LogP contribution in [0, 0.1) is 6.92 Å². The van der Waals surface area contributed by atoms with Gasteiger partial charge in [0.1, 0.15) is 18.1 Å². The van der Waals surface area contributed by atoms with Crippen molar-refractivity contribution in [3.8, 4) is 28.3 Å². The van der Waals surface area contributed by atoms with Crippen LogP contribution >= 0.6 is 0 Å². The van der Waals surface area contributed by atoms with Crippen LogP contribution < -0.4 is 15.2 Å². The van der Waals surface area contributed by atoms with Crippen molar-refractivity contribution in [3.63, 3.8) is 0 Å². The number of tetrazole rings is 1. The minimum absolute atomic E-state index is 0.203. The highest BCUT2D eigenvalue weighted by Crippen LogP contribution is 2.31. The van der Waals surface area contributed by atoms with Crippen molar-refractivity contribution in [2.45, 2.75) is 13.5 Å². The molecule has 7 heteroatoms. The number of aromatic nitrogens is 4. The third kappa shape index (κ3) is 3.96. The Kier molecular flexibility index (Phi) is 5.36. The van der Waals surface area contributed by atoms with Gasteiger partial charge in [0.25, 0.3) is 0 Å². The van der Waals surface area contributed by atoms with E-state index >= 15 is 0 Å². The molecule has 0 radical (unpaired) electrons. The molecule has 0 spiro atoms. The van der Waals surface area contributed by atoms with Crippen LogP contribution in [-0.2, 0) is 6.61 Å². The third-order valence-corrected chi connectivity index (χ3v) is 5.66. The van der Waals surface area contributed by atoms with E-state index in [0.29, 0.717) is 17.0 Å². The molecule has 33 heavy (non-hydrogen) atoms. The zero-order chi connectivity index (χ0) is 22.8. The largest absolute Gasteiger partial charge is 0.496 e. The van der Waals surface area contributed by atoms with Gasteiger partial charge in [0.15, 0.2) is 0 Å². The van der Waals surface area contributed by atoms with Crippen LogP contribution in [0.5, 0.6) is 11.5 Å². The van der Waals surface area contributed by atoms with Crippen LogP contribution in [0.1, 0.15) is 11.1 Å². The van der Waals surface area contributed by atoms with Crippen molar-refractivity contribution in [3.05, 3.63) is 100 Å². The number of rotatable bonds is 6. The normalized spacial score (nSPS) is 11.0. The molecule has 0 aliphatic carbocycles. The molecular weight excluding hydrogens is 416 g/mol. The van der Waals surface area contributed by atoms with Gasteiger partial charge in [-0.25, -0.2) is 9.89 Å². The number of hydrogen-bond donors (Lipinski definition) is 1. The van der Waals surface area contributed by atoms with Crippen molar-refractivity contribution in [2.75, 3.05) is 7.11 Å². The van der Waals surface area contributed by atoms with Crippen LogP contribution in [0.4, 0.5) is 0 Å². The fourth-order valence-corrected chi connectivity index (χ4v) is 3.95. The quantitative estimate of drug-likeness (QED) is 0.417. The number of nitrogens with one attached hydrogen (secondary N) is 1. The molecule has 0 aliphatic rings. The van der Waals surface area contributed by atoms with Gasteiger partial charge in [-0.1, -0.05) is 48.5 Å². The van der Waals surface area contributed by atoms with Gasteiger partial charge in [-0.2, -0.15) is 4.68 Å². The van der Waals surface area contributed by atoms with E-state index in [0.717, 1.165) is 22.4 Å². The first-order valence-corrected chi connectivity index (χ1v) is 10.5. The van der Waals surface area contributed by atoms with Gasteiger partial charge in [0.2, 0.25) is 0 Å². The van der Waals surface area contributed by atoms with Crippen LogP contribution in [0.3, 0.4) is 0 Å². The predicted molar refractivity (Wildman–Crippen MR) is 127 cm³/mol. The summed E-state index contributed by atoms with van der Waals surface area (Å²) in [5, 5.41) is 12.2. The summed E-state index contributed by atoms with van der Waals surface area (Å²) >= 11 is 0. The number of nitrogens with zero attached hydrogens (tertiary/aromatic N) is 3. The van der Waals surface area contributed by atoms with Crippen molar-refractivity contribution in [2.24, 2.45) is 0 Å². The summed E-state index contributed by atoms with van der Waals surface area (Å²) in [5.41, 5.74) is 4.11. The molecule has 0 saturated carbocycles. The van der Waals surface area contributed by atoms with Crippen molar-refractivity contribution in [1.29, 1.82) is 0 Å². The van der Waals surface area contributed by atoms with E-state index in [2.05, 4.69) is 58.0 Å². The van der Waals surface area contributed by atoms with Gasteiger partial charge in [0.05, 0.1) is 18.4 Å². The van der Waals surface area contributed by atoms with E-state index in [1.54, 1.807) is 19.2 Å². The number of fused-ring (bicyclic) bond motifs is 1. The molecule has 5 rings (SSSR count). The summed E-state index contributed by atoms with van der Waals surface area (Å²) < 4.78 is 12.8. The Labute approximate surface area is 190 Å². The maximum Gasteiger partial charge on any atom is 0.365 e. The molecule has 0 fully saturated rings. The second kappa shape index (κ2) is 8.63. The average Bonchev–Trinajstić information content (AvgIpc) is 3.28. The maximum absolute atomic E-state index is 12.1. The summed E-state index contributed by atoms with van der Waals surface area (Å²) in [6.07, 6.45) is 0. The summed E-state index contributed by atoms with van der Waals surface area (Å²) in [7, 11) is 1.58. The highest BCUT2D eigenvalue weighted by atomic mass is 16.5. The predicted octanol–water partition coefficient (Wildman–Crippen LogP) is 4.67. The number of ether oxygens (including phenoxy) is 2. The Morgan fingerprint density at radius 2 is 1.67 bits per heavy atom. The summed E-state index contributed by atoms with van der Waals surface area (Å²) in [6.45, 7) is 2.22. The number of H-pyrrole nitrogens is 1. The second-order valence-electron chi connectivity index (χ2n) is 7.71. The molecule has 4 aromatic carbocycles. The minimum Gasteiger partial charge on any atom is -0.496 e. The van der Waals surface area contributed by atoms with Gasteiger partial charge < -0.3 is 9.47 Å². The third-order valence-electron chi connectivity index (χ3n) is 5.66. The SMILES string of the molecule is COc1cccc(-n2nn[nH]c2=O)c1COc1ccc(-c2ccc3ccccc3c2)cc1C. The Hall–Kier alpha value is -4.39. The van der Waals surface area contributed by atoms with E-state index in [1.165, 1.54) is 15.5 Å². The number of aryl methyl sites for hydroxylation is 1. The zero-order valence-corrected chi connectivity index (χ0v) is 18.3. The Morgan fingerprint density at radius 3 is 2.42 bits per heavy atom. The van der Waals surface area contributed by atoms with Gasteiger partial charge in [-0.3, -0.25) is 0 Å². The van der Waals surface area contributed by atoms with Crippen LogP contribution in [-0.4, -0.2) is 27.3 Å². The molecule has 0 atom stereocenters. The lowest BCUT2D eigenvalue weighted by Gasteiger charge is -2.15. The zero-order valence-electron chi connectivity index (χ0n) is 18.3. The maximum atomic E-state index is 12.1. The Bertz CT molecular complexity index is 1500. The Balaban J connectivity index is 1.43. The first-order valence-electron chi connectivity index (χ1n) is 10.5. The number of benzene rings is 4. The van der Waals surface area contributed by atoms with E-state index in [9.17, 15) is 4.79 Å². The monoisotopic (exact) mass is 438 g/mol. The number of methoxy groups -OCH3 is 1. The molecule has 5 aromatic rings. The lowest BCUT2D eigenvalue weighted by atomic mass is 9.99. The molecule has 0 aliphatic heterocycles. The van der Waals surface area contributed by atoms with E-state index < -0.39 is 5.69 Å². The standard InChI is InChI=1S/C26H22N4O3/c1-17-14-20(21-11-10-18-6-3-4-7-19(18)15-21)12-13-24(17)33-16-22-23(8-5-9-25(22)32-2)30-26(31)27-28-29-30/h3-15H,16H2,1-2H3,(H,27,29,31). The number of aromatic amines is 1. The summed E-state index contributed by atoms with van der Waals surface area (Å²) in [5.74, 6) is 1.36. The second-order valence-corrected chi connectivity index (χ2v) is 7.71. The highest BCUT2D eigenvalue weighted by Gasteiger charge is 2.15. The lowest BCUT2D eigenvalue weighted by Crippen LogP contribution is -2.18. The van der Waals surface area contributed by atoms with Crippen molar-refractivity contribution < 1.29 is 9.47 Å². The smallest absolute Gasteiger partial charge is 0.365 e. The van der Waals surface area contributed by atoms with Crippen LogP contribution in [0.25, 0.3) is 27.6 Å². The molecule has 7 nitrogen and oxygen atoms in total. The number of hydrogen-bond acceptors (Lipinski definition) is 5. The van der Waals surface area contributed by atoms with Gasteiger partial charge in [-0.15, -0.1) is 0 Å². The van der Waals surface area contributed by atoms with Gasteiger partial charge >= 0.3 is 5.69 Å². The molecule has 0 bridgehead atoms. The molecule has 0 unspecified atom stereocenters. The Morgan fingerprint density at radius 1 is 0.879 bits per heavy atom. The fourth-order valence-electron chi connectivity index (χ4n) is 3.95. The average molecular weight is 438 g/mol.